The van der Waals surface area contributed by atoms with Crippen LogP contribution in [0.15, 0.2) is 36.4 Å². The Balaban J connectivity index is 1.32. The Morgan fingerprint density at radius 3 is 2.65 bits per heavy atom. The van der Waals surface area contributed by atoms with Gasteiger partial charge in [0.05, 0.1) is 17.9 Å². The molecule has 4 rings (SSSR count). The fourth-order valence-corrected chi connectivity index (χ4v) is 3.41. The Bertz CT molecular complexity index is 657. The SMILES string of the molecule is Cc1ccc(Oc2ccc(NCC3CC4CCC3O4)cc2)nn1. The van der Waals surface area contributed by atoms with Crippen LogP contribution in [0.2, 0.25) is 0 Å². The van der Waals surface area contributed by atoms with Crippen molar-refractivity contribution in [3.8, 4) is 11.6 Å². The van der Waals surface area contributed by atoms with Gasteiger partial charge in [-0.2, -0.15) is 5.10 Å². The number of anilines is 1. The molecule has 23 heavy (non-hydrogen) atoms. The van der Waals surface area contributed by atoms with Gasteiger partial charge in [0.25, 0.3) is 0 Å². The molecule has 120 valence electrons. The molecule has 3 atom stereocenters. The molecular formula is C18H21N3O2. The molecule has 0 amide bonds. The molecule has 0 saturated carbocycles. The number of hydrogen-bond acceptors (Lipinski definition) is 5. The summed E-state index contributed by atoms with van der Waals surface area (Å²) in [4.78, 5) is 0. The van der Waals surface area contributed by atoms with Crippen molar-refractivity contribution in [3.05, 3.63) is 42.1 Å². The van der Waals surface area contributed by atoms with Gasteiger partial charge < -0.3 is 14.8 Å². The molecule has 2 saturated heterocycles. The number of aromatic nitrogens is 2. The normalized spacial score (nSPS) is 25.5. The van der Waals surface area contributed by atoms with E-state index in [4.69, 9.17) is 9.47 Å². The third-order valence-corrected chi connectivity index (χ3v) is 4.65. The molecule has 0 radical (unpaired) electrons. The van der Waals surface area contributed by atoms with Crippen LogP contribution in [0.25, 0.3) is 0 Å². The lowest BCUT2D eigenvalue weighted by Gasteiger charge is -2.19. The number of benzene rings is 1. The molecule has 1 N–H and O–H groups in total. The van der Waals surface area contributed by atoms with E-state index in [2.05, 4.69) is 15.5 Å². The molecule has 5 heteroatoms. The summed E-state index contributed by atoms with van der Waals surface area (Å²) in [6.07, 6.45) is 4.65. The Morgan fingerprint density at radius 2 is 2.00 bits per heavy atom. The standard InChI is InChI=1S/C18H21N3O2/c1-12-2-9-18(21-20-12)23-15-5-3-14(4-6-15)19-11-13-10-16-7-8-17(13)22-16/h2-6,9,13,16-17,19H,7-8,10-11H2,1H3. The average Bonchev–Trinajstić information content (AvgIpc) is 3.19. The first-order valence-electron chi connectivity index (χ1n) is 8.24. The number of ether oxygens (including phenoxy) is 2. The van der Waals surface area contributed by atoms with Crippen LogP contribution in [0.3, 0.4) is 0 Å². The molecule has 3 heterocycles. The summed E-state index contributed by atoms with van der Waals surface area (Å²) >= 11 is 0. The third kappa shape index (κ3) is 3.29. The van der Waals surface area contributed by atoms with E-state index in [0.717, 1.165) is 23.7 Å². The molecule has 0 aliphatic carbocycles. The molecule has 0 spiro atoms. The lowest BCUT2D eigenvalue weighted by Crippen LogP contribution is -2.24. The number of aryl methyl sites for hydroxylation is 1. The van der Waals surface area contributed by atoms with Crippen LogP contribution >= 0.6 is 0 Å². The highest BCUT2D eigenvalue weighted by atomic mass is 16.5. The van der Waals surface area contributed by atoms with Gasteiger partial charge in [-0.3, -0.25) is 0 Å². The number of rotatable bonds is 5. The first-order chi connectivity index (χ1) is 11.3. The Labute approximate surface area is 136 Å². The number of fused-ring (bicyclic) bond motifs is 2. The van der Waals surface area contributed by atoms with E-state index >= 15 is 0 Å². The van der Waals surface area contributed by atoms with Crippen molar-refractivity contribution in [1.29, 1.82) is 0 Å². The summed E-state index contributed by atoms with van der Waals surface area (Å²) in [6, 6.07) is 11.7. The van der Waals surface area contributed by atoms with Gasteiger partial charge in [-0.05, 0) is 56.5 Å². The minimum atomic E-state index is 0.468. The van der Waals surface area contributed by atoms with Gasteiger partial charge in [-0.1, -0.05) is 0 Å². The average molecular weight is 311 g/mol. The lowest BCUT2D eigenvalue weighted by molar-refractivity contribution is 0.0941. The molecule has 5 nitrogen and oxygen atoms in total. The topological polar surface area (TPSA) is 56.3 Å². The predicted octanol–water partition coefficient (Wildman–Crippen LogP) is 3.56. The van der Waals surface area contributed by atoms with Crippen molar-refractivity contribution in [3.63, 3.8) is 0 Å². The van der Waals surface area contributed by atoms with Crippen molar-refractivity contribution >= 4 is 5.69 Å². The van der Waals surface area contributed by atoms with E-state index in [1.54, 1.807) is 0 Å². The van der Waals surface area contributed by atoms with Crippen LogP contribution in [0.5, 0.6) is 11.6 Å². The van der Waals surface area contributed by atoms with Crippen LogP contribution in [-0.4, -0.2) is 29.0 Å². The highest BCUT2D eigenvalue weighted by Gasteiger charge is 2.40. The maximum Gasteiger partial charge on any atom is 0.238 e. The van der Waals surface area contributed by atoms with Crippen LogP contribution in [0, 0.1) is 12.8 Å². The second-order valence-electron chi connectivity index (χ2n) is 6.39. The summed E-state index contributed by atoms with van der Waals surface area (Å²) in [6.45, 7) is 2.88. The molecular weight excluding hydrogens is 290 g/mol. The van der Waals surface area contributed by atoms with Crippen molar-refractivity contribution in [2.75, 3.05) is 11.9 Å². The van der Waals surface area contributed by atoms with Gasteiger partial charge >= 0.3 is 0 Å². The number of hydrogen-bond donors (Lipinski definition) is 1. The van der Waals surface area contributed by atoms with Crippen molar-refractivity contribution in [2.24, 2.45) is 5.92 Å². The second kappa shape index (κ2) is 6.16. The highest BCUT2D eigenvalue weighted by molar-refractivity contribution is 5.47. The van der Waals surface area contributed by atoms with Gasteiger partial charge in [0.1, 0.15) is 5.75 Å². The van der Waals surface area contributed by atoms with E-state index in [1.165, 1.54) is 19.3 Å². The summed E-state index contributed by atoms with van der Waals surface area (Å²) in [5.41, 5.74) is 1.98. The van der Waals surface area contributed by atoms with Gasteiger partial charge in [0, 0.05) is 24.2 Å². The second-order valence-corrected chi connectivity index (χ2v) is 6.39. The third-order valence-electron chi connectivity index (χ3n) is 4.65. The molecule has 2 aliphatic rings. The highest BCUT2D eigenvalue weighted by Crippen LogP contribution is 2.38. The van der Waals surface area contributed by atoms with E-state index in [-0.39, 0.29) is 0 Å². The van der Waals surface area contributed by atoms with Gasteiger partial charge in [0.2, 0.25) is 5.88 Å². The molecule has 1 aromatic carbocycles. The van der Waals surface area contributed by atoms with E-state index < -0.39 is 0 Å². The van der Waals surface area contributed by atoms with Crippen molar-refractivity contribution < 1.29 is 9.47 Å². The summed E-state index contributed by atoms with van der Waals surface area (Å²) in [5.74, 6) is 1.92. The zero-order valence-corrected chi connectivity index (χ0v) is 13.2. The first kappa shape index (κ1) is 14.5. The van der Waals surface area contributed by atoms with E-state index in [1.807, 2.05) is 43.3 Å². The quantitative estimate of drug-likeness (QED) is 0.915. The molecule has 2 bridgehead atoms. The first-order valence-corrected chi connectivity index (χ1v) is 8.24. The largest absolute Gasteiger partial charge is 0.438 e. The van der Waals surface area contributed by atoms with E-state index in [0.29, 0.717) is 24.0 Å². The molecule has 2 aliphatic heterocycles. The minimum Gasteiger partial charge on any atom is -0.438 e. The monoisotopic (exact) mass is 311 g/mol. The van der Waals surface area contributed by atoms with Crippen LogP contribution < -0.4 is 10.1 Å². The van der Waals surface area contributed by atoms with E-state index in [9.17, 15) is 0 Å². The predicted molar refractivity (Wildman–Crippen MR) is 87.8 cm³/mol. The Hall–Kier alpha value is -2.14. The summed E-state index contributed by atoms with van der Waals surface area (Å²) < 4.78 is 11.6. The van der Waals surface area contributed by atoms with Crippen LogP contribution in [-0.2, 0) is 4.74 Å². The van der Waals surface area contributed by atoms with Crippen molar-refractivity contribution in [2.45, 2.75) is 38.4 Å². The zero-order chi connectivity index (χ0) is 15.6. The number of nitrogens with one attached hydrogen (secondary N) is 1. The summed E-state index contributed by atoms with van der Waals surface area (Å²) in [7, 11) is 0. The lowest BCUT2D eigenvalue weighted by atomic mass is 9.89. The maximum absolute atomic E-state index is 5.89. The molecule has 1 aromatic heterocycles. The van der Waals surface area contributed by atoms with Gasteiger partial charge in [-0.25, -0.2) is 0 Å². The zero-order valence-electron chi connectivity index (χ0n) is 13.2. The fraction of sp³-hybridized carbons (Fsp3) is 0.444. The van der Waals surface area contributed by atoms with Crippen LogP contribution in [0.4, 0.5) is 5.69 Å². The fourth-order valence-electron chi connectivity index (χ4n) is 3.41. The minimum absolute atomic E-state index is 0.468. The molecule has 2 fully saturated rings. The van der Waals surface area contributed by atoms with Crippen molar-refractivity contribution in [1.82, 2.24) is 10.2 Å². The maximum atomic E-state index is 5.89. The number of nitrogens with zero attached hydrogens (tertiary/aromatic N) is 2. The smallest absolute Gasteiger partial charge is 0.238 e. The van der Waals surface area contributed by atoms with Gasteiger partial charge in [0.15, 0.2) is 0 Å². The van der Waals surface area contributed by atoms with Gasteiger partial charge in [-0.15, -0.1) is 5.10 Å². The molecule has 2 aromatic rings. The Morgan fingerprint density at radius 1 is 1.13 bits per heavy atom. The Kier molecular flexibility index (Phi) is 3.87. The molecule has 3 unspecified atom stereocenters. The summed E-state index contributed by atoms with van der Waals surface area (Å²) in [5, 5.41) is 11.5. The van der Waals surface area contributed by atoms with Crippen LogP contribution in [0.1, 0.15) is 25.0 Å².